The lowest BCUT2D eigenvalue weighted by atomic mass is 9.84. The zero-order valence-corrected chi connectivity index (χ0v) is 26.2. The van der Waals surface area contributed by atoms with Gasteiger partial charge in [0.25, 0.3) is 5.91 Å². The van der Waals surface area contributed by atoms with Gasteiger partial charge in [-0.2, -0.15) is 0 Å². The Bertz CT molecular complexity index is 1380. The lowest BCUT2D eigenvalue weighted by molar-refractivity contribution is -0.127. The Kier molecular flexibility index (Phi) is 11.4. The number of carbonyl (C=O) groups excluding carboxylic acids is 2. The number of thioether (sulfide) groups is 1. The summed E-state index contributed by atoms with van der Waals surface area (Å²) in [6.45, 7) is 0.435. The van der Waals surface area contributed by atoms with Gasteiger partial charge in [-0.15, -0.1) is 9.24 Å². The topological polar surface area (TPSA) is 95.6 Å². The van der Waals surface area contributed by atoms with Gasteiger partial charge in [-0.05, 0) is 66.7 Å². The van der Waals surface area contributed by atoms with E-state index in [1.54, 1.807) is 0 Å². The maximum Gasteiger partial charge on any atom is 0.258 e. The number of allylic oxidation sites excluding steroid dienone is 1. The molecule has 0 spiro atoms. The molecule has 1 aliphatic heterocycles. The van der Waals surface area contributed by atoms with E-state index in [0.717, 1.165) is 55.6 Å². The summed E-state index contributed by atoms with van der Waals surface area (Å²) in [7, 11) is -0.0847. The van der Waals surface area contributed by atoms with Crippen LogP contribution in [0.1, 0.15) is 56.9 Å². The van der Waals surface area contributed by atoms with E-state index in [9.17, 15) is 22.4 Å². The van der Waals surface area contributed by atoms with Crippen molar-refractivity contribution in [2.24, 2.45) is 5.92 Å². The fourth-order valence-corrected chi connectivity index (χ4v) is 8.41. The number of aryl methyl sites for hydroxylation is 1. The molecule has 0 bridgehead atoms. The maximum absolute atomic E-state index is 13.4. The summed E-state index contributed by atoms with van der Waals surface area (Å²) in [6, 6.07) is 11.0. The molecule has 1 fully saturated rings. The van der Waals surface area contributed by atoms with Crippen LogP contribution in [-0.4, -0.2) is 50.7 Å². The minimum Gasteiger partial charge on any atom is -0.354 e. The van der Waals surface area contributed by atoms with Crippen molar-refractivity contribution in [2.75, 3.05) is 20.1 Å². The van der Waals surface area contributed by atoms with Gasteiger partial charge in [0, 0.05) is 25.0 Å². The van der Waals surface area contributed by atoms with Crippen molar-refractivity contribution in [1.29, 1.82) is 0 Å². The van der Waals surface area contributed by atoms with Crippen molar-refractivity contribution in [3.05, 3.63) is 64.8 Å². The highest BCUT2D eigenvalue weighted by Gasteiger charge is 2.28. The number of fused-ring (bicyclic) bond motifs is 1. The number of amides is 2. The van der Waals surface area contributed by atoms with Crippen LogP contribution in [0.2, 0.25) is 0 Å². The number of hydrogen-bond acceptors (Lipinski definition) is 5. The van der Waals surface area contributed by atoms with Crippen LogP contribution in [0.5, 0.6) is 0 Å². The number of rotatable bonds is 11. The highest BCUT2D eigenvalue weighted by Crippen LogP contribution is 2.34. The van der Waals surface area contributed by atoms with E-state index in [1.807, 2.05) is 24.3 Å². The first-order valence-corrected chi connectivity index (χ1v) is 17.0. The maximum atomic E-state index is 13.4. The average Bonchev–Trinajstić information content (AvgIpc) is 3.18. The van der Waals surface area contributed by atoms with E-state index in [-0.39, 0.29) is 35.1 Å². The molecule has 222 valence electrons. The summed E-state index contributed by atoms with van der Waals surface area (Å²) in [5.41, 5.74) is 1.22. The number of nitrogens with one attached hydrogen (secondary N) is 2. The summed E-state index contributed by atoms with van der Waals surface area (Å²) in [5, 5.41) is 6.20. The molecule has 2 atom stereocenters. The van der Waals surface area contributed by atoms with E-state index < -0.39 is 21.9 Å². The van der Waals surface area contributed by atoms with E-state index in [4.69, 9.17) is 0 Å². The van der Waals surface area contributed by atoms with Crippen molar-refractivity contribution in [1.82, 2.24) is 14.9 Å². The van der Waals surface area contributed by atoms with E-state index >= 15 is 0 Å². The number of halogens is 1. The predicted octanol–water partition coefficient (Wildman–Crippen LogP) is 4.53. The minimum absolute atomic E-state index is 0.0269. The Morgan fingerprint density at radius 1 is 1.15 bits per heavy atom. The summed E-state index contributed by atoms with van der Waals surface area (Å²) < 4.78 is 40.5. The standard InChI is InChI=1S/C30H39FN3O4PS2/c1-34(41(37,38)28-16-15-23(31)20-25(28)39)18-8-17-32-29(35)24(19-21-9-3-2-4-10-21)33-30(36)27-14-7-12-22-11-5-6-13-26(22)40-27/h5-6,11,13-16,20-21,24H,2-4,7-10,12,17-19,39H2,1H3,(H,32,35)(H,33,36). The number of sulfonamides is 1. The molecule has 2 amide bonds. The molecule has 0 aromatic heterocycles. The second-order valence-corrected chi connectivity index (χ2v) is 14.5. The molecule has 2 unspecified atom stereocenters. The van der Waals surface area contributed by atoms with E-state index in [2.05, 4.69) is 25.9 Å². The third kappa shape index (κ3) is 8.63. The fraction of sp³-hybridized carbons (Fsp3) is 0.467. The van der Waals surface area contributed by atoms with Crippen molar-refractivity contribution in [3.63, 3.8) is 0 Å². The predicted molar refractivity (Wildman–Crippen MR) is 165 cm³/mol. The van der Waals surface area contributed by atoms with Gasteiger partial charge >= 0.3 is 0 Å². The lowest BCUT2D eigenvalue weighted by Crippen LogP contribution is -2.48. The Morgan fingerprint density at radius 3 is 2.66 bits per heavy atom. The summed E-state index contributed by atoms with van der Waals surface area (Å²) >= 11 is 1.45. The Balaban J connectivity index is 1.35. The molecular formula is C30H39FN3O4PS2. The fourth-order valence-electron chi connectivity index (χ4n) is 5.36. The molecule has 4 rings (SSSR count). The van der Waals surface area contributed by atoms with Crippen LogP contribution >= 0.6 is 21.0 Å². The highest BCUT2D eigenvalue weighted by atomic mass is 32.2. The molecule has 0 radical (unpaired) electrons. The van der Waals surface area contributed by atoms with Gasteiger partial charge in [-0.3, -0.25) is 9.59 Å². The van der Waals surface area contributed by atoms with Crippen LogP contribution in [0, 0.1) is 11.7 Å². The van der Waals surface area contributed by atoms with Crippen LogP contribution in [0.25, 0.3) is 0 Å². The molecule has 41 heavy (non-hydrogen) atoms. The van der Waals surface area contributed by atoms with Crippen LogP contribution < -0.4 is 15.9 Å². The first-order chi connectivity index (χ1) is 19.6. The molecule has 2 aliphatic rings. The molecule has 11 heteroatoms. The number of nitrogens with zero attached hydrogens (tertiary/aromatic N) is 1. The summed E-state index contributed by atoms with van der Waals surface area (Å²) in [5.74, 6) is -0.613. The first-order valence-electron chi connectivity index (χ1n) is 14.2. The van der Waals surface area contributed by atoms with E-state index in [0.29, 0.717) is 23.7 Å². The zero-order chi connectivity index (χ0) is 29.4. The van der Waals surface area contributed by atoms with Gasteiger partial charge in [0.05, 0.1) is 9.80 Å². The number of hydrogen-bond donors (Lipinski definition) is 2. The number of carbonyl (C=O) groups is 2. The molecular weight excluding hydrogens is 580 g/mol. The van der Waals surface area contributed by atoms with Crippen LogP contribution in [-0.2, 0) is 26.0 Å². The molecule has 7 nitrogen and oxygen atoms in total. The summed E-state index contributed by atoms with van der Waals surface area (Å²) in [6.07, 6.45) is 10.1. The van der Waals surface area contributed by atoms with Crippen molar-refractivity contribution in [3.8, 4) is 0 Å². The quantitative estimate of drug-likeness (QED) is 0.285. The van der Waals surface area contributed by atoms with E-state index in [1.165, 1.54) is 41.2 Å². The smallest absolute Gasteiger partial charge is 0.258 e. The second kappa shape index (κ2) is 14.8. The molecule has 2 N–H and O–H groups in total. The second-order valence-electron chi connectivity index (χ2n) is 10.7. The van der Waals surface area contributed by atoms with Gasteiger partial charge in [0.2, 0.25) is 15.9 Å². The first kappa shape index (κ1) is 31.7. The van der Waals surface area contributed by atoms with Gasteiger partial charge in [-0.1, -0.05) is 68.1 Å². The van der Waals surface area contributed by atoms with Gasteiger partial charge in [0.15, 0.2) is 0 Å². The van der Waals surface area contributed by atoms with Gasteiger partial charge in [-0.25, -0.2) is 17.1 Å². The van der Waals surface area contributed by atoms with Gasteiger partial charge < -0.3 is 10.6 Å². The monoisotopic (exact) mass is 619 g/mol. The van der Waals surface area contributed by atoms with Crippen LogP contribution in [0.3, 0.4) is 0 Å². The molecule has 1 saturated carbocycles. The third-order valence-electron chi connectivity index (χ3n) is 7.68. The Labute approximate surface area is 249 Å². The van der Waals surface area contributed by atoms with Crippen molar-refractivity contribution < 1.29 is 22.4 Å². The molecule has 0 saturated heterocycles. The molecule has 2 aromatic carbocycles. The minimum atomic E-state index is -3.81. The molecule has 1 heterocycles. The Morgan fingerprint density at radius 2 is 1.90 bits per heavy atom. The SMILES string of the molecule is CN(CCCNC(=O)C(CC1CCCCC1)NC(=O)C1=CCCc2ccccc2S1)S(=O)(=O)c1ccc(F)cc1P. The largest absolute Gasteiger partial charge is 0.354 e. The normalized spacial score (nSPS) is 16.8. The van der Waals surface area contributed by atoms with Crippen LogP contribution in [0.15, 0.2) is 63.2 Å². The Hall–Kier alpha value is -2.26. The van der Waals surface area contributed by atoms with Crippen molar-refractivity contribution >= 4 is 48.1 Å². The summed E-state index contributed by atoms with van der Waals surface area (Å²) in [4.78, 5) is 28.4. The van der Waals surface area contributed by atoms with Crippen LogP contribution in [0.4, 0.5) is 4.39 Å². The highest BCUT2D eigenvalue weighted by molar-refractivity contribution is 8.04. The third-order valence-corrected chi connectivity index (χ3v) is 11.5. The molecule has 1 aliphatic carbocycles. The zero-order valence-electron chi connectivity index (χ0n) is 23.4. The van der Waals surface area contributed by atoms with Gasteiger partial charge in [0.1, 0.15) is 11.9 Å². The molecule has 2 aromatic rings. The number of benzene rings is 2. The average molecular weight is 620 g/mol. The van der Waals surface area contributed by atoms with Crippen molar-refractivity contribution in [2.45, 2.75) is 73.6 Å². The lowest BCUT2D eigenvalue weighted by Gasteiger charge is -2.27.